The molecule has 1 aromatic heterocycles. The number of hydrogen-bond acceptors (Lipinski definition) is 4. The largest absolute Gasteiger partial charge is 0.466 e. The lowest BCUT2D eigenvalue weighted by Gasteiger charge is -2.09. The number of hydrogen-bond donors (Lipinski definition) is 2. The number of hydrazine groups is 1. The maximum absolute atomic E-state index is 11.1. The summed E-state index contributed by atoms with van der Waals surface area (Å²) < 4.78 is 10.7. The van der Waals surface area contributed by atoms with Crippen LogP contribution in [0.5, 0.6) is 0 Å². The van der Waals surface area contributed by atoms with E-state index in [9.17, 15) is 4.79 Å². The summed E-state index contributed by atoms with van der Waals surface area (Å²) in [5.41, 5.74) is 2.45. The zero-order chi connectivity index (χ0) is 12.0. The smallest absolute Gasteiger partial charge is 0.268 e. The van der Waals surface area contributed by atoms with E-state index in [-0.39, 0.29) is 12.0 Å². The van der Waals surface area contributed by atoms with Crippen molar-refractivity contribution < 1.29 is 13.9 Å². The topological polar surface area (TPSA) is 77.5 Å². The molecule has 1 atom stereocenters. The van der Waals surface area contributed by atoms with E-state index in [0.717, 1.165) is 12.8 Å². The Balaban J connectivity index is 2.43. The first-order valence-electron chi connectivity index (χ1n) is 5.37. The van der Waals surface area contributed by atoms with Crippen molar-refractivity contribution in [2.45, 2.75) is 39.4 Å². The van der Waals surface area contributed by atoms with Gasteiger partial charge in [-0.3, -0.25) is 10.2 Å². The van der Waals surface area contributed by atoms with Gasteiger partial charge < -0.3 is 9.15 Å². The lowest BCUT2D eigenvalue weighted by atomic mass is 10.2. The summed E-state index contributed by atoms with van der Waals surface area (Å²) in [6, 6.07) is 1.63. The highest BCUT2D eigenvalue weighted by Gasteiger charge is 2.09. The summed E-state index contributed by atoms with van der Waals surface area (Å²) >= 11 is 0. The lowest BCUT2D eigenvalue weighted by Crippen LogP contribution is -2.29. The van der Waals surface area contributed by atoms with Gasteiger partial charge in [-0.25, -0.2) is 5.84 Å². The van der Waals surface area contributed by atoms with Gasteiger partial charge in [-0.15, -0.1) is 0 Å². The van der Waals surface area contributed by atoms with Crippen molar-refractivity contribution in [1.29, 1.82) is 0 Å². The molecular weight excluding hydrogens is 208 g/mol. The summed E-state index contributed by atoms with van der Waals surface area (Å²) in [4.78, 5) is 11.1. The van der Waals surface area contributed by atoms with Crippen LogP contribution in [-0.4, -0.2) is 12.0 Å². The SMILES string of the molecule is CCCC(C)OCc1cc(C(=O)NN)co1. The van der Waals surface area contributed by atoms with Gasteiger partial charge in [-0.1, -0.05) is 13.3 Å². The van der Waals surface area contributed by atoms with E-state index in [1.807, 2.05) is 12.3 Å². The third-order valence-corrected chi connectivity index (χ3v) is 2.25. The molecule has 0 spiro atoms. The second-order valence-electron chi connectivity index (χ2n) is 3.69. The number of nitrogens with two attached hydrogens (primary N) is 1. The van der Waals surface area contributed by atoms with Crippen LogP contribution in [0, 0.1) is 0 Å². The van der Waals surface area contributed by atoms with E-state index in [4.69, 9.17) is 15.0 Å². The molecular formula is C11H18N2O3. The van der Waals surface area contributed by atoms with Crippen LogP contribution in [0.3, 0.4) is 0 Å². The number of amides is 1. The highest BCUT2D eigenvalue weighted by Crippen LogP contribution is 2.11. The summed E-state index contributed by atoms with van der Waals surface area (Å²) in [5.74, 6) is 5.26. The maximum Gasteiger partial charge on any atom is 0.268 e. The Labute approximate surface area is 94.9 Å². The lowest BCUT2D eigenvalue weighted by molar-refractivity contribution is 0.0372. The van der Waals surface area contributed by atoms with Gasteiger partial charge in [0, 0.05) is 0 Å². The monoisotopic (exact) mass is 226 g/mol. The number of nitrogens with one attached hydrogen (secondary N) is 1. The predicted molar refractivity (Wildman–Crippen MR) is 59.5 cm³/mol. The van der Waals surface area contributed by atoms with Crippen LogP contribution >= 0.6 is 0 Å². The highest BCUT2D eigenvalue weighted by atomic mass is 16.5. The molecule has 0 aliphatic rings. The fourth-order valence-corrected chi connectivity index (χ4v) is 1.37. The fraction of sp³-hybridized carbons (Fsp3) is 0.545. The van der Waals surface area contributed by atoms with Gasteiger partial charge in [-0.2, -0.15) is 0 Å². The van der Waals surface area contributed by atoms with Crippen molar-refractivity contribution in [3.8, 4) is 0 Å². The molecule has 1 rings (SSSR count). The second-order valence-corrected chi connectivity index (χ2v) is 3.69. The van der Waals surface area contributed by atoms with E-state index in [1.165, 1.54) is 6.26 Å². The van der Waals surface area contributed by atoms with Crippen LogP contribution in [0.25, 0.3) is 0 Å². The van der Waals surface area contributed by atoms with Crippen LogP contribution in [0.2, 0.25) is 0 Å². The van der Waals surface area contributed by atoms with Gasteiger partial charge in [0.25, 0.3) is 5.91 Å². The minimum Gasteiger partial charge on any atom is -0.466 e. The maximum atomic E-state index is 11.1. The summed E-state index contributed by atoms with van der Waals surface area (Å²) in [6.07, 6.45) is 3.66. The highest BCUT2D eigenvalue weighted by molar-refractivity contribution is 5.93. The Morgan fingerprint density at radius 1 is 1.69 bits per heavy atom. The van der Waals surface area contributed by atoms with Gasteiger partial charge in [-0.05, 0) is 19.4 Å². The standard InChI is InChI=1S/C11H18N2O3/c1-3-4-8(2)15-7-10-5-9(6-16-10)11(14)13-12/h5-6,8H,3-4,7,12H2,1-2H3,(H,13,14). The van der Waals surface area contributed by atoms with Gasteiger partial charge in [0.2, 0.25) is 0 Å². The Kier molecular flexibility index (Phi) is 5.01. The molecule has 5 heteroatoms. The molecule has 1 aromatic rings. The zero-order valence-electron chi connectivity index (χ0n) is 9.66. The number of carbonyl (C=O) groups is 1. The quantitative estimate of drug-likeness (QED) is 0.438. The third kappa shape index (κ3) is 3.67. The number of nitrogen functional groups attached to an aromatic ring is 1. The van der Waals surface area contributed by atoms with Crippen LogP contribution in [0.15, 0.2) is 16.7 Å². The molecule has 1 unspecified atom stereocenters. The van der Waals surface area contributed by atoms with Crippen molar-refractivity contribution in [2.24, 2.45) is 5.84 Å². The van der Waals surface area contributed by atoms with Crippen molar-refractivity contribution in [3.05, 3.63) is 23.7 Å². The molecule has 0 saturated heterocycles. The molecule has 0 bridgehead atoms. The van der Waals surface area contributed by atoms with Crippen molar-refractivity contribution in [3.63, 3.8) is 0 Å². The van der Waals surface area contributed by atoms with E-state index in [0.29, 0.717) is 17.9 Å². The molecule has 3 N–H and O–H groups in total. The summed E-state index contributed by atoms with van der Waals surface area (Å²) in [6.45, 7) is 4.50. The zero-order valence-corrected chi connectivity index (χ0v) is 9.66. The first-order valence-corrected chi connectivity index (χ1v) is 5.37. The molecule has 0 radical (unpaired) electrons. The van der Waals surface area contributed by atoms with Crippen LogP contribution < -0.4 is 11.3 Å². The molecule has 0 aromatic carbocycles. The molecule has 5 nitrogen and oxygen atoms in total. The van der Waals surface area contributed by atoms with E-state index < -0.39 is 0 Å². The van der Waals surface area contributed by atoms with Gasteiger partial charge >= 0.3 is 0 Å². The Morgan fingerprint density at radius 3 is 3.06 bits per heavy atom. The number of rotatable bonds is 6. The van der Waals surface area contributed by atoms with Gasteiger partial charge in [0.05, 0.1) is 11.7 Å². The molecule has 1 amide bonds. The molecule has 0 aliphatic carbocycles. The number of ether oxygens (including phenoxy) is 1. The predicted octanol–water partition coefficient (Wildman–Crippen LogP) is 1.59. The van der Waals surface area contributed by atoms with Crippen molar-refractivity contribution >= 4 is 5.91 Å². The molecule has 0 fully saturated rings. The van der Waals surface area contributed by atoms with Gasteiger partial charge in [0.15, 0.2) is 0 Å². The first-order chi connectivity index (χ1) is 7.67. The molecule has 1 heterocycles. The van der Waals surface area contributed by atoms with Crippen molar-refractivity contribution in [2.75, 3.05) is 0 Å². The molecule has 90 valence electrons. The third-order valence-electron chi connectivity index (χ3n) is 2.25. The van der Waals surface area contributed by atoms with Crippen LogP contribution in [0.1, 0.15) is 42.8 Å². The normalized spacial score (nSPS) is 12.4. The molecule has 16 heavy (non-hydrogen) atoms. The number of carbonyl (C=O) groups excluding carboxylic acids is 1. The van der Waals surface area contributed by atoms with Crippen LogP contribution in [-0.2, 0) is 11.3 Å². The summed E-state index contributed by atoms with van der Waals surface area (Å²) in [5, 5.41) is 0. The Morgan fingerprint density at radius 2 is 2.44 bits per heavy atom. The first kappa shape index (κ1) is 12.7. The number of furan rings is 1. The second kappa shape index (κ2) is 6.30. The fourth-order valence-electron chi connectivity index (χ4n) is 1.37. The van der Waals surface area contributed by atoms with E-state index >= 15 is 0 Å². The summed E-state index contributed by atoms with van der Waals surface area (Å²) in [7, 11) is 0. The minimum atomic E-state index is -0.364. The minimum absolute atomic E-state index is 0.196. The van der Waals surface area contributed by atoms with Gasteiger partial charge in [0.1, 0.15) is 18.6 Å². The molecule has 0 saturated carbocycles. The van der Waals surface area contributed by atoms with E-state index in [1.54, 1.807) is 6.07 Å². The average Bonchev–Trinajstić information content (AvgIpc) is 2.74. The van der Waals surface area contributed by atoms with Crippen LogP contribution in [0.4, 0.5) is 0 Å². The Hall–Kier alpha value is -1.33. The Bertz CT molecular complexity index is 336. The molecule has 0 aliphatic heterocycles. The van der Waals surface area contributed by atoms with Crippen molar-refractivity contribution in [1.82, 2.24) is 5.43 Å². The van der Waals surface area contributed by atoms with E-state index in [2.05, 4.69) is 6.92 Å². The average molecular weight is 226 g/mol.